The SMILES string of the molecule is CN(C(=O)c1cc(N)cc(Br)c1)c1ccncc1. The van der Waals surface area contributed by atoms with Crippen LogP contribution in [0.1, 0.15) is 10.4 Å². The number of anilines is 2. The number of amides is 1. The van der Waals surface area contributed by atoms with E-state index in [-0.39, 0.29) is 5.91 Å². The van der Waals surface area contributed by atoms with E-state index < -0.39 is 0 Å². The third-order valence-electron chi connectivity index (χ3n) is 2.52. The Kier molecular flexibility index (Phi) is 3.62. The van der Waals surface area contributed by atoms with Crippen LogP contribution in [0.25, 0.3) is 0 Å². The number of halogens is 1. The van der Waals surface area contributed by atoms with Crippen LogP contribution in [0.3, 0.4) is 0 Å². The van der Waals surface area contributed by atoms with E-state index in [1.165, 1.54) is 0 Å². The van der Waals surface area contributed by atoms with Gasteiger partial charge in [-0.3, -0.25) is 9.78 Å². The van der Waals surface area contributed by atoms with Gasteiger partial charge in [-0.05, 0) is 30.3 Å². The second-order valence-corrected chi connectivity index (χ2v) is 4.76. The fraction of sp³-hybridized carbons (Fsp3) is 0.0769. The van der Waals surface area contributed by atoms with Gasteiger partial charge in [0.2, 0.25) is 0 Å². The maximum absolute atomic E-state index is 12.3. The van der Waals surface area contributed by atoms with Crippen LogP contribution in [0.2, 0.25) is 0 Å². The van der Waals surface area contributed by atoms with E-state index in [1.807, 2.05) is 0 Å². The lowest BCUT2D eigenvalue weighted by Gasteiger charge is -2.17. The second-order valence-electron chi connectivity index (χ2n) is 3.84. The average molecular weight is 306 g/mol. The third kappa shape index (κ3) is 2.68. The van der Waals surface area contributed by atoms with Gasteiger partial charge in [-0.1, -0.05) is 15.9 Å². The van der Waals surface area contributed by atoms with E-state index in [4.69, 9.17) is 5.73 Å². The van der Waals surface area contributed by atoms with Gasteiger partial charge in [0.1, 0.15) is 0 Å². The van der Waals surface area contributed by atoms with Crippen LogP contribution in [0, 0.1) is 0 Å². The van der Waals surface area contributed by atoms with Gasteiger partial charge in [-0.25, -0.2) is 0 Å². The largest absolute Gasteiger partial charge is 0.399 e. The molecule has 4 nitrogen and oxygen atoms in total. The van der Waals surface area contributed by atoms with Crippen LogP contribution >= 0.6 is 15.9 Å². The molecule has 0 fully saturated rings. The fourth-order valence-corrected chi connectivity index (χ4v) is 2.13. The molecule has 5 heteroatoms. The zero-order valence-electron chi connectivity index (χ0n) is 9.80. The number of carbonyl (C=O) groups is 1. The molecule has 0 bridgehead atoms. The van der Waals surface area contributed by atoms with E-state index in [1.54, 1.807) is 54.7 Å². The molecular formula is C13H12BrN3O. The zero-order chi connectivity index (χ0) is 13.1. The normalized spacial score (nSPS) is 10.1. The summed E-state index contributed by atoms with van der Waals surface area (Å²) in [6, 6.07) is 8.71. The topological polar surface area (TPSA) is 59.2 Å². The molecule has 0 saturated heterocycles. The van der Waals surface area contributed by atoms with E-state index in [0.717, 1.165) is 10.2 Å². The van der Waals surface area contributed by atoms with Crippen molar-refractivity contribution in [1.29, 1.82) is 0 Å². The molecule has 0 aliphatic rings. The first-order valence-corrected chi connectivity index (χ1v) is 6.11. The molecule has 1 aromatic heterocycles. The van der Waals surface area contributed by atoms with Crippen LogP contribution < -0.4 is 10.6 Å². The van der Waals surface area contributed by atoms with Crippen molar-refractivity contribution in [3.8, 4) is 0 Å². The summed E-state index contributed by atoms with van der Waals surface area (Å²) >= 11 is 3.33. The number of carbonyl (C=O) groups excluding carboxylic acids is 1. The summed E-state index contributed by atoms with van der Waals surface area (Å²) in [5.41, 5.74) is 7.61. The number of aromatic nitrogens is 1. The summed E-state index contributed by atoms with van der Waals surface area (Å²) in [5.74, 6) is -0.116. The molecule has 0 saturated carbocycles. The number of nitrogens with zero attached hydrogens (tertiary/aromatic N) is 2. The first-order valence-electron chi connectivity index (χ1n) is 5.32. The Morgan fingerprint density at radius 2 is 1.94 bits per heavy atom. The molecule has 0 radical (unpaired) electrons. The molecule has 0 aliphatic carbocycles. The summed E-state index contributed by atoms with van der Waals surface area (Å²) in [6.45, 7) is 0. The smallest absolute Gasteiger partial charge is 0.258 e. The third-order valence-corrected chi connectivity index (χ3v) is 2.98. The van der Waals surface area contributed by atoms with E-state index in [0.29, 0.717) is 11.3 Å². The number of hydrogen-bond acceptors (Lipinski definition) is 3. The quantitative estimate of drug-likeness (QED) is 0.868. The number of nitrogens with two attached hydrogens (primary N) is 1. The molecule has 1 amide bonds. The highest BCUT2D eigenvalue weighted by molar-refractivity contribution is 9.10. The summed E-state index contributed by atoms with van der Waals surface area (Å²) in [6.07, 6.45) is 3.29. The predicted molar refractivity (Wildman–Crippen MR) is 75.5 cm³/mol. The van der Waals surface area contributed by atoms with Crippen molar-refractivity contribution in [3.63, 3.8) is 0 Å². The molecule has 0 unspecified atom stereocenters. The maximum Gasteiger partial charge on any atom is 0.258 e. The van der Waals surface area contributed by atoms with Gasteiger partial charge in [0.25, 0.3) is 5.91 Å². The van der Waals surface area contributed by atoms with Crippen LogP contribution in [-0.4, -0.2) is 17.9 Å². The average Bonchev–Trinajstić information content (AvgIpc) is 2.37. The summed E-state index contributed by atoms with van der Waals surface area (Å²) in [4.78, 5) is 17.8. The van der Waals surface area contributed by atoms with Crippen molar-refractivity contribution in [2.45, 2.75) is 0 Å². The van der Waals surface area contributed by atoms with Crippen molar-refractivity contribution in [3.05, 3.63) is 52.8 Å². The predicted octanol–water partition coefficient (Wildman–Crippen LogP) is 2.70. The van der Waals surface area contributed by atoms with Crippen molar-refractivity contribution < 1.29 is 4.79 Å². The molecule has 2 N–H and O–H groups in total. The van der Waals surface area contributed by atoms with Gasteiger partial charge in [0.05, 0.1) is 0 Å². The first-order chi connectivity index (χ1) is 8.58. The number of rotatable bonds is 2. The zero-order valence-corrected chi connectivity index (χ0v) is 11.4. The maximum atomic E-state index is 12.3. The molecule has 1 aromatic carbocycles. The van der Waals surface area contributed by atoms with Gasteiger partial charge in [-0.2, -0.15) is 0 Å². The van der Waals surface area contributed by atoms with Crippen molar-refractivity contribution >= 4 is 33.2 Å². The number of hydrogen-bond donors (Lipinski definition) is 1. The van der Waals surface area contributed by atoms with E-state index in [2.05, 4.69) is 20.9 Å². The Balaban J connectivity index is 2.31. The van der Waals surface area contributed by atoms with Gasteiger partial charge >= 0.3 is 0 Å². The van der Waals surface area contributed by atoms with Crippen LogP contribution in [0.4, 0.5) is 11.4 Å². The Morgan fingerprint density at radius 3 is 2.56 bits per heavy atom. The van der Waals surface area contributed by atoms with Gasteiger partial charge in [-0.15, -0.1) is 0 Å². The lowest BCUT2D eigenvalue weighted by atomic mass is 10.1. The standard InChI is InChI=1S/C13H12BrN3O/c1-17(12-2-4-16-5-3-12)13(18)9-6-10(14)8-11(15)7-9/h2-8H,15H2,1H3. The molecule has 1 heterocycles. The molecular weight excluding hydrogens is 294 g/mol. The van der Waals surface area contributed by atoms with Gasteiger partial charge < -0.3 is 10.6 Å². The second kappa shape index (κ2) is 5.18. The molecule has 0 atom stereocenters. The Morgan fingerprint density at radius 1 is 1.28 bits per heavy atom. The summed E-state index contributed by atoms with van der Waals surface area (Å²) in [5, 5.41) is 0. The summed E-state index contributed by atoms with van der Waals surface area (Å²) < 4.78 is 0.786. The van der Waals surface area contributed by atoms with Gasteiger partial charge in [0.15, 0.2) is 0 Å². The minimum Gasteiger partial charge on any atom is -0.399 e. The highest BCUT2D eigenvalue weighted by atomic mass is 79.9. The van der Waals surface area contributed by atoms with Crippen LogP contribution in [-0.2, 0) is 0 Å². The minimum absolute atomic E-state index is 0.116. The highest BCUT2D eigenvalue weighted by Crippen LogP contribution is 2.20. The van der Waals surface area contributed by atoms with Gasteiger partial charge in [0, 0.05) is 40.9 Å². The lowest BCUT2D eigenvalue weighted by Crippen LogP contribution is -2.26. The van der Waals surface area contributed by atoms with Crippen molar-refractivity contribution in [2.75, 3.05) is 17.7 Å². The van der Waals surface area contributed by atoms with Crippen LogP contribution in [0.15, 0.2) is 47.2 Å². The fourth-order valence-electron chi connectivity index (χ4n) is 1.61. The Hall–Kier alpha value is -1.88. The van der Waals surface area contributed by atoms with Crippen molar-refractivity contribution in [1.82, 2.24) is 4.98 Å². The minimum atomic E-state index is -0.116. The Bertz CT molecular complexity index is 551. The molecule has 18 heavy (non-hydrogen) atoms. The van der Waals surface area contributed by atoms with Crippen LogP contribution in [0.5, 0.6) is 0 Å². The van der Waals surface area contributed by atoms with E-state index in [9.17, 15) is 4.79 Å². The molecule has 2 rings (SSSR count). The highest BCUT2D eigenvalue weighted by Gasteiger charge is 2.14. The number of benzene rings is 1. The van der Waals surface area contributed by atoms with Crippen molar-refractivity contribution in [2.24, 2.45) is 0 Å². The first kappa shape index (κ1) is 12.6. The molecule has 0 aliphatic heterocycles. The molecule has 2 aromatic rings. The summed E-state index contributed by atoms with van der Waals surface area (Å²) in [7, 11) is 1.72. The molecule has 92 valence electrons. The molecule has 0 spiro atoms. The van der Waals surface area contributed by atoms with E-state index >= 15 is 0 Å². The monoisotopic (exact) mass is 305 g/mol. The number of pyridine rings is 1. The lowest BCUT2D eigenvalue weighted by molar-refractivity contribution is 0.0993. The number of nitrogen functional groups attached to an aromatic ring is 1. The Labute approximate surface area is 114 Å².